The van der Waals surface area contributed by atoms with E-state index in [1.807, 2.05) is 6.92 Å². The number of nitrogens with one attached hydrogen (secondary N) is 1. The summed E-state index contributed by atoms with van der Waals surface area (Å²) in [4.78, 5) is 0.210. The van der Waals surface area contributed by atoms with E-state index < -0.39 is 10.0 Å². The summed E-state index contributed by atoms with van der Waals surface area (Å²) < 4.78 is 28.2. The summed E-state index contributed by atoms with van der Waals surface area (Å²) in [6, 6.07) is 10.0. The van der Waals surface area contributed by atoms with E-state index in [1.54, 1.807) is 43.3 Å². The first-order valence-corrected chi connectivity index (χ1v) is 8.23. The number of sulfonamides is 1. The summed E-state index contributed by atoms with van der Waals surface area (Å²) in [5.41, 5.74) is 8.48. The van der Waals surface area contributed by atoms with Crippen LogP contribution in [0.3, 0.4) is 0 Å². The van der Waals surface area contributed by atoms with Crippen molar-refractivity contribution in [2.75, 3.05) is 10.5 Å². The molecular formula is C14H15BrN2O2S. The molecule has 3 N–H and O–H groups in total. The Bertz CT molecular complexity index is 741. The van der Waals surface area contributed by atoms with Gasteiger partial charge in [0, 0.05) is 10.2 Å². The maximum atomic E-state index is 12.4. The summed E-state index contributed by atoms with van der Waals surface area (Å²) in [6.07, 6.45) is 0. The molecule has 0 atom stereocenters. The molecule has 0 aliphatic heterocycles. The molecule has 0 amide bonds. The molecule has 0 saturated carbocycles. The lowest BCUT2D eigenvalue weighted by molar-refractivity contribution is 0.601. The van der Waals surface area contributed by atoms with Crippen LogP contribution in [0.15, 0.2) is 45.8 Å². The van der Waals surface area contributed by atoms with Crippen molar-refractivity contribution in [3.05, 3.63) is 52.0 Å². The molecule has 0 unspecified atom stereocenters. The van der Waals surface area contributed by atoms with E-state index >= 15 is 0 Å². The molecule has 20 heavy (non-hydrogen) atoms. The summed E-state index contributed by atoms with van der Waals surface area (Å²) in [5.74, 6) is 0. The van der Waals surface area contributed by atoms with Crippen LogP contribution < -0.4 is 10.5 Å². The minimum atomic E-state index is -3.62. The van der Waals surface area contributed by atoms with Gasteiger partial charge in [0.25, 0.3) is 10.0 Å². The Balaban J connectivity index is 2.43. The second kappa shape index (κ2) is 5.46. The van der Waals surface area contributed by atoms with E-state index in [2.05, 4.69) is 20.7 Å². The minimum absolute atomic E-state index is 0.210. The Morgan fingerprint density at radius 1 is 1.05 bits per heavy atom. The number of rotatable bonds is 3. The third kappa shape index (κ3) is 2.96. The first-order valence-electron chi connectivity index (χ1n) is 5.95. The van der Waals surface area contributed by atoms with Crippen molar-refractivity contribution in [2.24, 2.45) is 0 Å². The third-order valence-corrected chi connectivity index (χ3v) is 4.97. The van der Waals surface area contributed by atoms with Gasteiger partial charge in [0.15, 0.2) is 0 Å². The van der Waals surface area contributed by atoms with Gasteiger partial charge >= 0.3 is 0 Å². The molecule has 2 aromatic rings. The Morgan fingerprint density at radius 3 is 2.25 bits per heavy atom. The van der Waals surface area contributed by atoms with E-state index in [-0.39, 0.29) is 4.90 Å². The summed E-state index contributed by atoms with van der Waals surface area (Å²) in [7, 11) is -3.62. The average molecular weight is 355 g/mol. The van der Waals surface area contributed by atoms with Gasteiger partial charge in [-0.2, -0.15) is 0 Å². The maximum Gasteiger partial charge on any atom is 0.261 e. The molecule has 0 aliphatic carbocycles. The molecule has 0 radical (unpaired) electrons. The fourth-order valence-electron chi connectivity index (χ4n) is 1.83. The molecule has 106 valence electrons. The largest absolute Gasteiger partial charge is 0.398 e. The van der Waals surface area contributed by atoms with Crippen molar-refractivity contribution >= 4 is 37.3 Å². The van der Waals surface area contributed by atoms with Crippen LogP contribution in [0.2, 0.25) is 0 Å². The highest BCUT2D eigenvalue weighted by atomic mass is 79.9. The van der Waals surface area contributed by atoms with Crippen LogP contribution in [-0.2, 0) is 10.0 Å². The lowest BCUT2D eigenvalue weighted by Crippen LogP contribution is -2.15. The molecule has 0 aromatic heterocycles. The van der Waals surface area contributed by atoms with Crippen LogP contribution in [0.4, 0.5) is 11.4 Å². The Kier molecular flexibility index (Phi) is 4.06. The number of nitrogens with two attached hydrogens (primary N) is 1. The molecular weight excluding hydrogens is 340 g/mol. The number of nitrogen functional groups attached to an aromatic ring is 1. The second-order valence-corrected chi connectivity index (χ2v) is 7.13. The topological polar surface area (TPSA) is 72.2 Å². The predicted molar refractivity (Wildman–Crippen MR) is 85.3 cm³/mol. The van der Waals surface area contributed by atoms with Crippen molar-refractivity contribution < 1.29 is 8.42 Å². The standard InChI is InChI=1S/C14H15BrN2O2S/c1-9-3-8-13(16)10(2)14(9)17-20(18,19)12-6-4-11(15)5-7-12/h3-8,17H,16H2,1-2H3. The van der Waals surface area contributed by atoms with Crippen LogP contribution >= 0.6 is 15.9 Å². The molecule has 0 heterocycles. The molecule has 0 bridgehead atoms. The molecule has 0 aliphatic rings. The molecule has 6 heteroatoms. The van der Waals surface area contributed by atoms with Crippen molar-refractivity contribution in [3.8, 4) is 0 Å². The van der Waals surface area contributed by atoms with Crippen molar-refractivity contribution in [3.63, 3.8) is 0 Å². The normalized spacial score (nSPS) is 11.3. The van der Waals surface area contributed by atoms with Gasteiger partial charge in [-0.05, 0) is 55.3 Å². The number of benzene rings is 2. The molecule has 4 nitrogen and oxygen atoms in total. The SMILES string of the molecule is Cc1ccc(N)c(C)c1NS(=O)(=O)c1ccc(Br)cc1. The fraction of sp³-hybridized carbons (Fsp3) is 0.143. The molecule has 2 aromatic carbocycles. The predicted octanol–water partition coefficient (Wildman–Crippen LogP) is 3.45. The van der Waals surface area contributed by atoms with Crippen LogP contribution in [0, 0.1) is 13.8 Å². The van der Waals surface area contributed by atoms with Crippen LogP contribution in [-0.4, -0.2) is 8.42 Å². The summed E-state index contributed by atoms with van der Waals surface area (Å²) in [5, 5.41) is 0. The lowest BCUT2D eigenvalue weighted by atomic mass is 10.1. The van der Waals surface area contributed by atoms with E-state index in [9.17, 15) is 8.42 Å². The van der Waals surface area contributed by atoms with E-state index in [4.69, 9.17) is 5.73 Å². The zero-order chi connectivity index (χ0) is 14.9. The smallest absolute Gasteiger partial charge is 0.261 e. The first-order chi connectivity index (χ1) is 9.31. The summed E-state index contributed by atoms with van der Waals surface area (Å²) >= 11 is 3.28. The van der Waals surface area contributed by atoms with Crippen LogP contribution in [0.5, 0.6) is 0 Å². The Labute approximate surface area is 127 Å². The van der Waals surface area contributed by atoms with Crippen molar-refractivity contribution in [1.29, 1.82) is 0 Å². The van der Waals surface area contributed by atoms with Gasteiger partial charge in [0.05, 0.1) is 10.6 Å². The maximum absolute atomic E-state index is 12.4. The number of anilines is 2. The average Bonchev–Trinajstić information content (AvgIpc) is 2.40. The number of aryl methyl sites for hydroxylation is 1. The number of hydrogen-bond acceptors (Lipinski definition) is 3. The first kappa shape index (κ1) is 14.9. The quantitative estimate of drug-likeness (QED) is 0.829. The zero-order valence-corrected chi connectivity index (χ0v) is 13.5. The Morgan fingerprint density at radius 2 is 1.65 bits per heavy atom. The van der Waals surface area contributed by atoms with Gasteiger partial charge in [0.1, 0.15) is 0 Å². The second-order valence-electron chi connectivity index (χ2n) is 4.53. The summed E-state index contributed by atoms with van der Waals surface area (Å²) in [6.45, 7) is 3.63. The van der Waals surface area contributed by atoms with E-state index in [0.717, 1.165) is 15.6 Å². The van der Waals surface area contributed by atoms with Crippen LogP contribution in [0.1, 0.15) is 11.1 Å². The molecule has 2 rings (SSSR count). The van der Waals surface area contributed by atoms with Crippen LogP contribution in [0.25, 0.3) is 0 Å². The molecule has 0 saturated heterocycles. The third-order valence-electron chi connectivity index (χ3n) is 3.08. The van der Waals surface area contributed by atoms with Gasteiger partial charge in [-0.25, -0.2) is 8.42 Å². The highest BCUT2D eigenvalue weighted by Crippen LogP contribution is 2.27. The minimum Gasteiger partial charge on any atom is -0.398 e. The van der Waals surface area contributed by atoms with Gasteiger partial charge in [-0.3, -0.25) is 4.72 Å². The highest BCUT2D eigenvalue weighted by molar-refractivity contribution is 9.10. The fourth-order valence-corrected chi connectivity index (χ4v) is 3.29. The zero-order valence-electron chi connectivity index (χ0n) is 11.1. The van der Waals surface area contributed by atoms with Gasteiger partial charge in [0.2, 0.25) is 0 Å². The molecule has 0 fully saturated rings. The Hall–Kier alpha value is -1.53. The van der Waals surface area contributed by atoms with Gasteiger partial charge in [-0.15, -0.1) is 0 Å². The number of halogens is 1. The molecule has 0 spiro atoms. The monoisotopic (exact) mass is 354 g/mol. The van der Waals surface area contributed by atoms with Crippen molar-refractivity contribution in [2.45, 2.75) is 18.7 Å². The highest BCUT2D eigenvalue weighted by Gasteiger charge is 2.17. The van der Waals surface area contributed by atoms with E-state index in [1.165, 1.54) is 0 Å². The lowest BCUT2D eigenvalue weighted by Gasteiger charge is -2.14. The number of hydrogen-bond donors (Lipinski definition) is 2. The van der Waals surface area contributed by atoms with Gasteiger partial charge < -0.3 is 5.73 Å². The van der Waals surface area contributed by atoms with Gasteiger partial charge in [-0.1, -0.05) is 22.0 Å². The van der Waals surface area contributed by atoms with Crippen molar-refractivity contribution in [1.82, 2.24) is 0 Å². The van der Waals surface area contributed by atoms with E-state index in [0.29, 0.717) is 11.4 Å².